The predicted octanol–water partition coefficient (Wildman–Crippen LogP) is 2.04. The Kier molecular flexibility index (Phi) is 3.58. The lowest BCUT2D eigenvalue weighted by atomic mass is 9.87. The number of anilines is 1. The SMILES string of the molecule is O=C1CN(c2ccc3nnc(-c4ccccc4)n3n2)C2CCCCC2N1. The van der Waals surface area contributed by atoms with Crippen molar-refractivity contribution in [2.24, 2.45) is 0 Å². The Balaban J connectivity index is 1.57. The molecule has 3 aromatic rings. The molecule has 0 spiro atoms. The van der Waals surface area contributed by atoms with E-state index in [-0.39, 0.29) is 11.9 Å². The molecular formula is C19H20N6O. The average molecular weight is 348 g/mol. The molecule has 2 unspecified atom stereocenters. The second-order valence-electron chi connectivity index (χ2n) is 7.00. The topological polar surface area (TPSA) is 75.4 Å². The normalized spacial score (nSPS) is 22.9. The Hall–Kier alpha value is -2.96. The monoisotopic (exact) mass is 348 g/mol. The lowest BCUT2D eigenvalue weighted by Gasteiger charge is -2.44. The Bertz CT molecular complexity index is 953. The van der Waals surface area contributed by atoms with Crippen molar-refractivity contribution in [2.75, 3.05) is 11.4 Å². The molecule has 1 saturated carbocycles. The van der Waals surface area contributed by atoms with Gasteiger partial charge in [0.1, 0.15) is 0 Å². The molecule has 7 heteroatoms. The van der Waals surface area contributed by atoms with Crippen LogP contribution in [0.15, 0.2) is 42.5 Å². The zero-order valence-electron chi connectivity index (χ0n) is 14.4. The highest BCUT2D eigenvalue weighted by Gasteiger charge is 2.37. The van der Waals surface area contributed by atoms with Crippen molar-refractivity contribution in [1.29, 1.82) is 0 Å². The van der Waals surface area contributed by atoms with Crippen molar-refractivity contribution in [1.82, 2.24) is 25.1 Å². The fourth-order valence-corrected chi connectivity index (χ4v) is 4.13. The smallest absolute Gasteiger partial charge is 0.239 e. The van der Waals surface area contributed by atoms with Crippen molar-refractivity contribution in [2.45, 2.75) is 37.8 Å². The summed E-state index contributed by atoms with van der Waals surface area (Å²) in [4.78, 5) is 14.3. The molecule has 132 valence electrons. The van der Waals surface area contributed by atoms with Crippen LogP contribution in [0.4, 0.5) is 5.82 Å². The molecule has 0 bridgehead atoms. The van der Waals surface area contributed by atoms with E-state index in [0.29, 0.717) is 24.1 Å². The highest BCUT2D eigenvalue weighted by molar-refractivity contribution is 5.83. The molecule has 0 radical (unpaired) electrons. The lowest BCUT2D eigenvalue weighted by Crippen LogP contribution is -2.62. The molecule has 1 aliphatic carbocycles. The summed E-state index contributed by atoms with van der Waals surface area (Å²) in [7, 11) is 0. The molecule has 1 amide bonds. The zero-order valence-corrected chi connectivity index (χ0v) is 14.4. The van der Waals surface area contributed by atoms with Gasteiger partial charge in [-0.2, -0.15) is 4.52 Å². The van der Waals surface area contributed by atoms with E-state index in [0.717, 1.165) is 24.2 Å². The number of rotatable bonds is 2. The maximum absolute atomic E-state index is 12.2. The van der Waals surface area contributed by atoms with Crippen molar-refractivity contribution in [3.05, 3.63) is 42.5 Å². The Morgan fingerprint density at radius 2 is 1.85 bits per heavy atom. The van der Waals surface area contributed by atoms with Crippen LogP contribution in [0.1, 0.15) is 25.7 Å². The van der Waals surface area contributed by atoms with E-state index in [2.05, 4.69) is 20.4 Å². The van der Waals surface area contributed by atoms with Crippen molar-refractivity contribution < 1.29 is 4.79 Å². The summed E-state index contributed by atoms with van der Waals surface area (Å²) in [6.45, 7) is 0.350. The first kappa shape index (κ1) is 15.3. The Morgan fingerprint density at radius 1 is 1.00 bits per heavy atom. The van der Waals surface area contributed by atoms with Crippen LogP contribution in [-0.2, 0) is 4.79 Å². The Labute approximate surface area is 151 Å². The first-order chi connectivity index (χ1) is 12.8. The van der Waals surface area contributed by atoms with Gasteiger partial charge >= 0.3 is 0 Å². The van der Waals surface area contributed by atoms with Gasteiger partial charge in [0.25, 0.3) is 0 Å². The molecule has 1 aliphatic heterocycles. The van der Waals surface area contributed by atoms with Gasteiger partial charge in [-0.1, -0.05) is 43.2 Å². The van der Waals surface area contributed by atoms with Crippen molar-refractivity contribution >= 4 is 17.4 Å². The number of aromatic nitrogens is 4. The summed E-state index contributed by atoms with van der Waals surface area (Å²) in [5.41, 5.74) is 1.67. The van der Waals surface area contributed by atoms with Crippen LogP contribution < -0.4 is 10.2 Å². The van der Waals surface area contributed by atoms with Gasteiger partial charge in [-0.05, 0) is 25.0 Å². The second-order valence-corrected chi connectivity index (χ2v) is 7.00. The quantitative estimate of drug-likeness (QED) is 0.767. The van der Waals surface area contributed by atoms with Crippen LogP contribution in [0.25, 0.3) is 17.0 Å². The first-order valence-electron chi connectivity index (χ1n) is 9.13. The van der Waals surface area contributed by atoms with Gasteiger partial charge < -0.3 is 10.2 Å². The number of hydrogen-bond acceptors (Lipinski definition) is 5. The van der Waals surface area contributed by atoms with Crippen LogP contribution >= 0.6 is 0 Å². The fourth-order valence-electron chi connectivity index (χ4n) is 4.13. The van der Waals surface area contributed by atoms with Crippen LogP contribution in [0.2, 0.25) is 0 Å². The summed E-state index contributed by atoms with van der Waals surface area (Å²) in [6.07, 6.45) is 4.48. The summed E-state index contributed by atoms with van der Waals surface area (Å²) in [5, 5.41) is 16.5. The number of carbonyl (C=O) groups excluding carboxylic acids is 1. The van der Waals surface area contributed by atoms with Crippen molar-refractivity contribution in [3.8, 4) is 11.4 Å². The molecule has 1 aromatic carbocycles. The van der Waals surface area contributed by atoms with Gasteiger partial charge in [0.2, 0.25) is 5.91 Å². The number of amides is 1. The van der Waals surface area contributed by atoms with Crippen LogP contribution in [0.5, 0.6) is 0 Å². The van der Waals surface area contributed by atoms with Gasteiger partial charge in [0.15, 0.2) is 17.3 Å². The molecule has 2 aliphatic rings. The number of piperazine rings is 1. The molecule has 2 atom stereocenters. The summed E-state index contributed by atoms with van der Waals surface area (Å²) in [5.74, 6) is 1.59. The largest absolute Gasteiger partial charge is 0.350 e. The van der Waals surface area contributed by atoms with Gasteiger partial charge in [-0.25, -0.2) is 0 Å². The van der Waals surface area contributed by atoms with Gasteiger partial charge in [0.05, 0.1) is 12.6 Å². The van der Waals surface area contributed by atoms with Crippen LogP contribution in [0.3, 0.4) is 0 Å². The van der Waals surface area contributed by atoms with Gasteiger partial charge in [-0.15, -0.1) is 15.3 Å². The fraction of sp³-hybridized carbons (Fsp3) is 0.368. The summed E-state index contributed by atoms with van der Waals surface area (Å²) >= 11 is 0. The molecule has 2 aromatic heterocycles. The number of fused-ring (bicyclic) bond motifs is 2. The number of carbonyl (C=O) groups is 1. The standard InChI is InChI=1S/C19H20N6O/c26-18-12-24(15-9-5-4-8-14(15)20-18)17-11-10-16-21-22-19(25(16)23-17)13-6-2-1-3-7-13/h1-3,6-7,10-11,14-15H,4-5,8-9,12H2,(H,20,26). The molecule has 3 heterocycles. The number of benzene rings is 1. The Morgan fingerprint density at radius 3 is 2.73 bits per heavy atom. The predicted molar refractivity (Wildman–Crippen MR) is 97.8 cm³/mol. The van der Waals surface area contributed by atoms with Crippen LogP contribution in [0, 0.1) is 0 Å². The minimum atomic E-state index is 0.0714. The molecule has 5 rings (SSSR count). The molecule has 2 fully saturated rings. The minimum Gasteiger partial charge on any atom is -0.350 e. The molecule has 1 saturated heterocycles. The van der Waals surface area contributed by atoms with E-state index < -0.39 is 0 Å². The highest BCUT2D eigenvalue weighted by atomic mass is 16.2. The maximum Gasteiger partial charge on any atom is 0.239 e. The van der Waals surface area contributed by atoms with E-state index >= 15 is 0 Å². The molecule has 7 nitrogen and oxygen atoms in total. The van der Waals surface area contributed by atoms with Gasteiger partial charge in [0, 0.05) is 11.6 Å². The number of nitrogens with one attached hydrogen (secondary N) is 1. The second kappa shape index (κ2) is 6.09. The minimum absolute atomic E-state index is 0.0714. The van der Waals surface area contributed by atoms with E-state index in [1.54, 1.807) is 4.52 Å². The third kappa shape index (κ3) is 2.51. The average Bonchev–Trinajstić information content (AvgIpc) is 3.11. The third-order valence-corrected chi connectivity index (χ3v) is 5.37. The van der Waals surface area contributed by atoms with E-state index in [4.69, 9.17) is 5.10 Å². The summed E-state index contributed by atoms with van der Waals surface area (Å²) in [6, 6.07) is 14.3. The molecular weight excluding hydrogens is 328 g/mol. The van der Waals surface area contributed by atoms with E-state index in [1.165, 1.54) is 12.8 Å². The lowest BCUT2D eigenvalue weighted by molar-refractivity contribution is -0.122. The number of hydrogen-bond donors (Lipinski definition) is 1. The zero-order chi connectivity index (χ0) is 17.5. The maximum atomic E-state index is 12.2. The van der Waals surface area contributed by atoms with Gasteiger partial charge in [-0.3, -0.25) is 4.79 Å². The molecule has 26 heavy (non-hydrogen) atoms. The first-order valence-corrected chi connectivity index (χ1v) is 9.13. The van der Waals surface area contributed by atoms with E-state index in [1.807, 2.05) is 42.5 Å². The van der Waals surface area contributed by atoms with Crippen molar-refractivity contribution in [3.63, 3.8) is 0 Å². The van der Waals surface area contributed by atoms with Crippen LogP contribution in [-0.4, -0.2) is 44.3 Å². The number of nitrogens with zero attached hydrogens (tertiary/aromatic N) is 5. The third-order valence-electron chi connectivity index (χ3n) is 5.37. The van der Waals surface area contributed by atoms with E-state index in [9.17, 15) is 4.79 Å². The highest BCUT2D eigenvalue weighted by Crippen LogP contribution is 2.29. The summed E-state index contributed by atoms with van der Waals surface area (Å²) < 4.78 is 1.77. The molecule has 1 N–H and O–H groups in total.